The summed E-state index contributed by atoms with van der Waals surface area (Å²) in [4.78, 5) is 11.0. The SMILES string of the molecule is CCNC(=NCC(c1ccco1)N(C)C)NCC1CCCN(C)C1c1cccs1.I. The number of nitrogens with one attached hydrogen (secondary N) is 2. The molecule has 0 amide bonds. The second kappa shape index (κ2) is 12.7. The van der Waals surface area contributed by atoms with Crippen molar-refractivity contribution < 1.29 is 4.42 Å². The zero-order valence-corrected chi connectivity index (χ0v) is 21.7. The van der Waals surface area contributed by atoms with E-state index in [1.807, 2.05) is 23.5 Å². The van der Waals surface area contributed by atoms with Crippen LogP contribution in [0.25, 0.3) is 0 Å². The van der Waals surface area contributed by atoms with Gasteiger partial charge in [-0.3, -0.25) is 14.8 Å². The van der Waals surface area contributed by atoms with Crippen molar-refractivity contribution in [2.24, 2.45) is 10.9 Å². The molecule has 1 aliphatic heterocycles. The standard InChI is InChI=1S/C22H35N5OS.HI/c1-5-23-22(25-16-18(26(2)3)19-10-7-13-28-19)24-15-17-9-6-12-27(4)21(17)20-11-8-14-29-20;/h7-8,10-11,13-14,17-18,21H,5-6,9,12,15-16H2,1-4H3,(H2,23,24,25);1H. The Kier molecular flexibility index (Phi) is 10.6. The average Bonchev–Trinajstić information content (AvgIpc) is 3.40. The Balaban J connectivity index is 0.00000320. The molecule has 0 bridgehead atoms. The van der Waals surface area contributed by atoms with E-state index >= 15 is 0 Å². The second-order valence-corrected chi connectivity index (χ2v) is 8.92. The summed E-state index contributed by atoms with van der Waals surface area (Å²) in [6.45, 7) is 5.69. The van der Waals surface area contributed by atoms with Gasteiger partial charge >= 0.3 is 0 Å². The minimum absolute atomic E-state index is 0. The van der Waals surface area contributed by atoms with E-state index in [4.69, 9.17) is 9.41 Å². The maximum absolute atomic E-state index is 5.62. The van der Waals surface area contributed by atoms with Crippen LogP contribution in [-0.4, -0.2) is 63.1 Å². The summed E-state index contributed by atoms with van der Waals surface area (Å²) in [5.74, 6) is 2.40. The van der Waals surface area contributed by atoms with Crippen molar-refractivity contribution >= 4 is 41.3 Å². The van der Waals surface area contributed by atoms with Crippen molar-refractivity contribution in [1.82, 2.24) is 20.4 Å². The lowest BCUT2D eigenvalue weighted by Gasteiger charge is -2.39. The van der Waals surface area contributed by atoms with Crippen molar-refractivity contribution in [2.45, 2.75) is 31.8 Å². The average molecular weight is 546 g/mol. The number of thiophene rings is 1. The minimum Gasteiger partial charge on any atom is -0.468 e. The predicted octanol–water partition coefficient (Wildman–Crippen LogP) is 4.20. The lowest BCUT2D eigenvalue weighted by Crippen LogP contribution is -2.45. The molecule has 2 aromatic heterocycles. The number of guanidine groups is 1. The Morgan fingerprint density at radius 1 is 1.33 bits per heavy atom. The van der Waals surface area contributed by atoms with Crippen molar-refractivity contribution in [3.05, 3.63) is 46.5 Å². The maximum atomic E-state index is 5.62. The predicted molar refractivity (Wildman–Crippen MR) is 137 cm³/mol. The Bertz CT molecular complexity index is 735. The minimum atomic E-state index is 0. The molecule has 8 heteroatoms. The van der Waals surface area contributed by atoms with Gasteiger partial charge in [0.15, 0.2) is 5.96 Å². The first-order valence-corrected chi connectivity index (χ1v) is 11.4. The Labute approximate surface area is 202 Å². The van der Waals surface area contributed by atoms with Crippen molar-refractivity contribution in [3.8, 4) is 0 Å². The molecule has 6 nitrogen and oxygen atoms in total. The third-order valence-corrected chi connectivity index (χ3v) is 6.58. The van der Waals surface area contributed by atoms with E-state index in [1.165, 1.54) is 24.3 Å². The van der Waals surface area contributed by atoms with Crippen LogP contribution in [0.1, 0.15) is 42.5 Å². The van der Waals surface area contributed by atoms with E-state index in [2.05, 4.69) is 66.0 Å². The molecule has 3 rings (SSSR count). The van der Waals surface area contributed by atoms with Crippen molar-refractivity contribution in [2.75, 3.05) is 47.3 Å². The molecule has 0 radical (unpaired) electrons. The lowest BCUT2D eigenvalue weighted by molar-refractivity contribution is 0.125. The number of furan rings is 1. The van der Waals surface area contributed by atoms with Crippen LogP contribution < -0.4 is 10.6 Å². The highest BCUT2D eigenvalue weighted by atomic mass is 127. The van der Waals surface area contributed by atoms with Gasteiger partial charge in [0.2, 0.25) is 0 Å². The number of piperidine rings is 1. The molecule has 1 fully saturated rings. The van der Waals surface area contributed by atoms with Gasteiger partial charge in [0.05, 0.1) is 18.8 Å². The summed E-state index contributed by atoms with van der Waals surface area (Å²) in [5.41, 5.74) is 0. The van der Waals surface area contributed by atoms with Gasteiger partial charge in [0.25, 0.3) is 0 Å². The van der Waals surface area contributed by atoms with Gasteiger partial charge in [0, 0.05) is 24.0 Å². The molecular weight excluding hydrogens is 509 g/mol. The number of halogens is 1. The maximum Gasteiger partial charge on any atom is 0.191 e. The van der Waals surface area contributed by atoms with Crippen LogP contribution in [0.4, 0.5) is 0 Å². The Morgan fingerprint density at radius 3 is 2.80 bits per heavy atom. The third-order valence-electron chi connectivity index (χ3n) is 5.64. The molecule has 0 saturated carbocycles. The van der Waals surface area contributed by atoms with Gasteiger partial charge < -0.3 is 15.1 Å². The van der Waals surface area contributed by atoms with E-state index in [1.54, 1.807) is 6.26 Å². The molecule has 3 atom stereocenters. The molecule has 2 N–H and O–H groups in total. The molecule has 1 aliphatic rings. The van der Waals surface area contributed by atoms with Crippen LogP contribution >= 0.6 is 35.3 Å². The summed E-state index contributed by atoms with van der Waals surface area (Å²) in [5, 5.41) is 9.20. The molecular formula is C22H36IN5OS. The smallest absolute Gasteiger partial charge is 0.191 e. The van der Waals surface area contributed by atoms with Gasteiger partial charge in [0.1, 0.15) is 5.76 Å². The van der Waals surface area contributed by atoms with E-state index in [0.717, 1.165) is 24.8 Å². The first kappa shape index (κ1) is 25.2. The number of aliphatic imine (C=N–C) groups is 1. The summed E-state index contributed by atoms with van der Waals surface area (Å²) < 4.78 is 5.62. The summed E-state index contributed by atoms with van der Waals surface area (Å²) in [6, 6.07) is 8.99. The third kappa shape index (κ3) is 6.70. The zero-order chi connectivity index (χ0) is 20.6. The Morgan fingerprint density at radius 2 is 2.17 bits per heavy atom. The van der Waals surface area contributed by atoms with E-state index in [9.17, 15) is 0 Å². The summed E-state index contributed by atoms with van der Waals surface area (Å²) in [7, 11) is 6.37. The Hall–Kier alpha value is -1.10. The highest BCUT2D eigenvalue weighted by Gasteiger charge is 2.31. The van der Waals surface area contributed by atoms with E-state index in [-0.39, 0.29) is 30.0 Å². The highest BCUT2D eigenvalue weighted by molar-refractivity contribution is 14.0. The first-order valence-electron chi connectivity index (χ1n) is 10.6. The monoisotopic (exact) mass is 545 g/mol. The van der Waals surface area contributed by atoms with Gasteiger partial charge in [-0.25, -0.2) is 0 Å². The van der Waals surface area contributed by atoms with Crippen LogP contribution in [0.2, 0.25) is 0 Å². The van der Waals surface area contributed by atoms with Crippen LogP contribution in [0, 0.1) is 5.92 Å². The molecule has 3 heterocycles. The quantitative estimate of drug-likeness (QED) is 0.296. The van der Waals surface area contributed by atoms with E-state index < -0.39 is 0 Å². The molecule has 168 valence electrons. The molecule has 3 unspecified atom stereocenters. The number of likely N-dealkylation sites (tertiary alicyclic amines) is 1. The molecule has 2 aromatic rings. The highest BCUT2D eigenvalue weighted by Crippen LogP contribution is 2.36. The summed E-state index contributed by atoms with van der Waals surface area (Å²) >= 11 is 1.87. The zero-order valence-electron chi connectivity index (χ0n) is 18.5. The normalized spacial score (nSPS) is 21.3. The largest absolute Gasteiger partial charge is 0.468 e. The van der Waals surface area contributed by atoms with Crippen molar-refractivity contribution in [1.29, 1.82) is 0 Å². The topological polar surface area (TPSA) is 56.0 Å². The van der Waals surface area contributed by atoms with Crippen LogP contribution in [0.3, 0.4) is 0 Å². The van der Waals surface area contributed by atoms with Crippen LogP contribution in [0.5, 0.6) is 0 Å². The van der Waals surface area contributed by atoms with Gasteiger partial charge in [-0.2, -0.15) is 0 Å². The lowest BCUT2D eigenvalue weighted by atomic mass is 9.88. The molecule has 0 spiro atoms. The van der Waals surface area contributed by atoms with Crippen LogP contribution in [-0.2, 0) is 0 Å². The van der Waals surface area contributed by atoms with E-state index in [0.29, 0.717) is 18.5 Å². The fourth-order valence-corrected chi connectivity index (χ4v) is 5.10. The summed E-state index contributed by atoms with van der Waals surface area (Å²) in [6.07, 6.45) is 4.22. The second-order valence-electron chi connectivity index (χ2n) is 7.94. The fourth-order valence-electron chi connectivity index (χ4n) is 4.12. The van der Waals surface area contributed by atoms with Crippen LogP contribution in [0.15, 0.2) is 45.3 Å². The molecule has 30 heavy (non-hydrogen) atoms. The number of hydrogen-bond donors (Lipinski definition) is 2. The number of nitrogens with zero attached hydrogens (tertiary/aromatic N) is 3. The number of likely N-dealkylation sites (N-methyl/N-ethyl adjacent to an activating group) is 1. The van der Waals surface area contributed by atoms with Gasteiger partial charge in [-0.15, -0.1) is 35.3 Å². The van der Waals surface area contributed by atoms with Gasteiger partial charge in [-0.1, -0.05) is 6.07 Å². The first-order chi connectivity index (χ1) is 14.1. The molecule has 0 aromatic carbocycles. The van der Waals surface area contributed by atoms with Gasteiger partial charge in [-0.05, 0) is 77.0 Å². The number of hydrogen-bond acceptors (Lipinski definition) is 5. The molecule has 1 saturated heterocycles. The fraction of sp³-hybridized carbons (Fsp3) is 0.591. The number of rotatable bonds is 8. The molecule has 0 aliphatic carbocycles. The van der Waals surface area contributed by atoms with Crippen molar-refractivity contribution in [3.63, 3.8) is 0 Å².